The molecule has 3 rings (SSSR count). The quantitative estimate of drug-likeness (QED) is 0.735. The van der Waals surface area contributed by atoms with Crippen LogP contribution in [0.3, 0.4) is 0 Å². The molecule has 0 bridgehead atoms. The van der Waals surface area contributed by atoms with Crippen molar-refractivity contribution in [2.45, 2.75) is 44.6 Å². The smallest absolute Gasteiger partial charge is 0.475 e. The van der Waals surface area contributed by atoms with Crippen LogP contribution in [0.4, 0.5) is 13.2 Å². The third-order valence-corrected chi connectivity index (χ3v) is 6.76. The molecule has 0 radical (unpaired) electrons. The van der Waals surface area contributed by atoms with Crippen LogP contribution in [-0.2, 0) is 26.1 Å². The zero-order valence-electron chi connectivity index (χ0n) is 16.1. The second kappa shape index (κ2) is 9.69. The highest BCUT2D eigenvalue weighted by Crippen LogP contribution is 2.26. The summed E-state index contributed by atoms with van der Waals surface area (Å²) >= 11 is 1.67. The van der Waals surface area contributed by atoms with Crippen molar-refractivity contribution in [1.29, 1.82) is 0 Å². The van der Waals surface area contributed by atoms with E-state index in [1.54, 1.807) is 15.6 Å². The molecule has 2 fully saturated rings. The molecule has 2 saturated heterocycles. The standard InChI is InChI=1S/C14H23N3O3S2.C2HF3O2/c1-11-15-12(10-21-11)9-16-5-3-13-14(4-6-16)20-8-7-17(13)22(2,18)19;3-2(4,5)1(6)7/h10,13-14H,3-9H2,1-2H3;(H,6,7). The lowest BCUT2D eigenvalue weighted by Gasteiger charge is -2.38. The number of ether oxygens (including phenoxy) is 1. The number of aryl methyl sites for hydroxylation is 1. The van der Waals surface area contributed by atoms with Crippen LogP contribution < -0.4 is 0 Å². The van der Waals surface area contributed by atoms with E-state index in [-0.39, 0.29) is 12.1 Å². The Hall–Kier alpha value is -1.28. The van der Waals surface area contributed by atoms with Crippen molar-refractivity contribution < 1.29 is 36.2 Å². The molecule has 0 amide bonds. The Kier molecular flexibility index (Phi) is 8.01. The van der Waals surface area contributed by atoms with Crippen LogP contribution in [0.25, 0.3) is 0 Å². The fourth-order valence-electron chi connectivity index (χ4n) is 3.38. The van der Waals surface area contributed by atoms with Gasteiger partial charge in [-0.15, -0.1) is 11.3 Å². The second-order valence-corrected chi connectivity index (χ2v) is 9.86. The lowest BCUT2D eigenvalue weighted by atomic mass is 10.0. The predicted octanol–water partition coefficient (Wildman–Crippen LogP) is 1.71. The molecule has 8 nitrogen and oxygen atoms in total. The van der Waals surface area contributed by atoms with Gasteiger partial charge in [-0.25, -0.2) is 18.2 Å². The topological polar surface area (TPSA) is 100 Å². The largest absolute Gasteiger partial charge is 0.490 e. The average molecular weight is 460 g/mol. The Labute approximate surface area is 171 Å². The number of halogens is 3. The van der Waals surface area contributed by atoms with Gasteiger partial charge in [-0.2, -0.15) is 17.5 Å². The minimum atomic E-state index is -5.08. The minimum absolute atomic E-state index is 0.0191. The van der Waals surface area contributed by atoms with Crippen molar-refractivity contribution in [1.82, 2.24) is 14.2 Å². The maximum absolute atomic E-state index is 12.0. The van der Waals surface area contributed by atoms with Gasteiger partial charge in [0.2, 0.25) is 10.0 Å². The average Bonchev–Trinajstić information content (AvgIpc) is 2.89. The first-order valence-electron chi connectivity index (χ1n) is 8.90. The van der Waals surface area contributed by atoms with Gasteiger partial charge in [0.25, 0.3) is 0 Å². The molecule has 13 heteroatoms. The van der Waals surface area contributed by atoms with E-state index in [2.05, 4.69) is 15.3 Å². The molecule has 0 spiro atoms. The van der Waals surface area contributed by atoms with Crippen LogP contribution in [-0.4, -0.2) is 84.5 Å². The van der Waals surface area contributed by atoms with Crippen LogP contribution >= 0.6 is 11.3 Å². The van der Waals surface area contributed by atoms with E-state index < -0.39 is 22.2 Å². The number of thiazole rings is 1. The van der Waals surface area contributed by atoms with E-state index in [4.69, 9.17) is 14.6 Å². The zero-order chi connectivity index (χ0) is 21.8. The Morgan fingerprint density at radius 1 is 1.34 bits per heavy atom. The molecule has 3 heterocycles. The first kappa shape index (κ1) is 24.0. The summed E-state index contributed by atoms with van der Waals surface area (Å²) in [5, 5.41) is 10.3. The van der Waals surface area contributed by atoms with Gasteiger partial charge in [-0.3, -0.25) is 4.90 Å². The number of hydrogen-bond acceptors (Lipinski definition) is 7. The molecule has 0 saturated carbocycles. The SMILES string of the molecule is Cc1nc(CN2CCC3OCCN(S(C)(=O)=O)C3CC2)cs1.O=C(O)C(F)(F)F. The van der Waals surface area contributed by atoms with Crippen molar-refractivity contribution in [2.24, 2.45) is 0 Å². The highest BCUT2D eigenvalue weighted by molar-refractivity contribution is 7.88. The number of likely N-dealkylation sites (tertiary alicyclic amines) is 1. The summed E-state index contributed by atoms with van der Waals surface area (Å²) in [6.45, 7) is 5.64. The Morgan fingerprint density at radius 3 is 2.48 bits per heavy atom. The Morgan fingerprint density at radius 2 is 1.97 bits per heavy atom. The number of rotatable bonds is 3. The fraction of sp³-hybridized carbons (Fsp3) is 0.750. The van der Waals surface area contributed by atoms with Crippen molar-refractivity contribution in [3.63, 3.8) is 0 Å². The molecule has 1 N–H and O–H groups in total. The molecule has 2 aliphatic rings. The van der Waals surface area contributed by atoms with Crippen molar-refractivity contribution in [2.75, 3.05) is 32.5 Å². The number of carboxylic acids is 1. The molecule has 1 aromatic heterocycles. The fourth-order valence-corrected chi connectivity index (χ4v) is 5.12. The number of alkyl halides is 3. The highest BCUT2D eigenvalue weighted by atomic mass is 32.2. The molecule has 2 aliphatic heterocycles. The van der Waals surface area contributed by atoms with Gasteiger partial charge >= 0.3 is 12.1 Å². The van der Waals surface area contributed by atoms with Gasteiger partial charge in [-0.1, -0.05) is 0 Å². The van der Waals surface area contributed by atoms with Crippen LogP contribution in [0.1, 0.15) is 23.5 Å². The third-order valence-electron chi connectivity index (χ3n) is 4.63. The summed E-state index contributed by atoms with van der Waals surface area (Å²) in [5.74, 6) is -2.76. The first-order chi connectivity index (χ1) is 13.4. The predicted molar refractivity (Wildman–Crippen MR) is 100 cm³/mol. The van der Waals surface area contributed by atoms with Crippen LogP contribution in [0.5, 0.6) is 0 Å². The molecule has 1 aromatic rings. The first-order valence-corrected chi connectivity index (χ1v) is 11.6. The van der Waals surface area contributed by atoms with E-state index in [0.29, 0.717) is 13.2 Å². The summed E-state index contributed by atoms with van der Waals surface area (Å²) in [6.07, 6.45) is -2.07. The lowest BCUT2D eigenvalue weighted by Crippen LogP contribution is -2.53. The van der Waals surface area contributed by atoms with E-state index in [9.17, 15) is 21.6 Å². The van der Waals surface area contributed by atoms with E-state index in [0.717, 1.165) is 43.2 Å². The number of aromatic nitrogens is 1. The summed E-state index contributed by atoms with van der Waals surface area (Å²) in [7, 11) is -3.16. The number of hydrogen-bond donors (Lipinski definition) is 1. The number of sulfonamides is 1. The minimum Gasteiger partial charge on any atom is -0.475 e. The van der Waals surface area contributed by atoms with E-state index in [1.807, 2.05) is 6.92 Å². The van der Waals surface area contributed by atoms with Gasteiger partial charge in [0.05, 0.1) is 35.7 Å². The molecule has 166 valence electrons. The van der Waals surface area contributed by atoms with Crippen molar-refractivity contribution in [3.05, 3.63) is 16.1 Å². The molecular weight excluding hydrogens is 435 g/mol. The lowest BCUT2D eigenvalue weighted by molar-refractivity contribution is -0.192. The second-order valence-electron chi connectivity index (χ2n) is 6.86. The zero-order valence-corrected chi connectivity index (χ0v) is 17.7. The molecule has 0 aliphatic carbocycles. The normalized spacial score (nSPS) is 24.2. The molecule has 2 unspecified atom stereocenters. The van der Waals surface area contributed by atoms with E-state index >= 15 is 0 Å². The Bertz CT molecular complexity index is 800. The number of aliphatic carboxylic acids is 1. The monoisotopic (exact) mass is 459 g/mol. The number of morpholine rings is 1. The van der Waals surface area contributed by atoms with Crippen molar-refractivity contribution in [3.8, 4) is 0 Å². The number of carboxylic acid groups (broad SMARTS) is 1. The van der Waals surface area contributed by atoms with Crippen LogP contribution in [0.15, 0.2) is 5.38 Å². The van der Waals surface area contributed by atoms with Crippen LogP contribution in [0, 0.1) is 6.92 Å². The maximum atomic E-state index is 12.0. The summed E-state index contributed by atoms with van der Waals surface area (Å²) in [6, 6.07) is -0.0223. The van der Waals surface area contributed by atoms with Crippen molar-refractivity contribution >= 4 is 27.3 Å². The molecule has 29 heavy (non-hydrogen) atoms. The van der Waals surface area contributed by atoms with E-state index in [1.165, 1.54) is 6.26 Å². The molecule has 2 atom stereocenters. The Balaban J connectivity index is 0.000000370. The molecule has 0 aromatic carbocycles. The van der Waals surface area contributed by atoms with Crippen LogP contribution in [0.2, 0.25) is 0 Å². The molecular formula is C16H24F3N3O5S2. The summed E-state index contributed by atoms with van der Waals surface area (Å²) < 4.78 is 63.2. The highest BCUT2D eigenvalue weighted by Gasteiger charge is 2.39. The maximum Gasteiger partial charge on any atom is 0.490 e. The van der Waals surface area contributed by atoms with Gasteiger partial charge in [-0.05, 0) is 19.8 Å². The summed E-state index contributed by atoms with van der Waals surface area (Å²) in [5.41, 5.74) is 1.10. The number of nitrogens with zero attached hydrogens (tertiary/aromatic N) is 3. The van der Waals surface area contributed by atoms with Gasteiger partial charge < -0.3 is 9.84 Å². The van der Waals surface area contributed by atoms with Gasteiger partial charge in [0.1, 0.15) is 0 Å². The number of carbonyl (C=O) groups is 1. The summed E-state index contributed by atoms with van der Waals surface area (Å²) in [4.78, 5) is 15.8. The number of fused-ring (bicyclic) bond motifs is 1. The third kappa shape index (κ3) is 7.17. The van der Waals surface area contributed by atoms with Gasteiger partial charge in [0, 0.05) is 31.6 Å². The van der Waals surface area contributed by atoms with Gasteiger partial charge in [0.15, 0.2) is 0 Å².